The summed E-state index contributed by atoms with van der Waals surface area (Å²) in [5, 5.41) is 11.9. The number of nitro groups is 1. The lowest BCUT2D eigenvalue weighted by atomic mass is 10.2. The van der Waals surface area contributed by atoms with E-state index in [-0.39, 0.29) is 22.1 Å². The highest BCUT2D eigenvalue weighted by atomic mass is 35.5. The number of nitro benzene ring substituents is 1. The molecule has 3 rings (SSSR count). The van der Waals surface area contributed by atoms with Crippen molar-refractivity contribution >= 4 is 34.2 Å². The minimum atomic E-state index is -0.598. The highest BCUT2D eigenvalue weighted by Gasteiger charge is 2.21. The van der Waals surface area contributed by atoms with Crippen LogP contribution in [0.1, 0.15) is 15.9 Å². The second-order valence-corrected chi connectivity index (χ2v) is 6.93. The van der Waals surface area contributed by atoms with E-state index in [0.717, 1.165) is 17.3 Å². The molecule has 0 bridgehead atoms. The summed E-state index contributed by atoms with van der Waals surface area (Å²) < 4.78 is 5.61. The number of carbonyl (C=O) groups is 1. The summed E-state index contributed by atoms with van der Waals surface area (Å²) in [6.45, 7) is 1.87. The number of carbonyl (C=O) groups excluding carboxylic acids is 1. The van der Waals surface area contributed by atoms with Gasteiger partial charge in [-0.15, -0.1) is 0 Å². The normalized spacial score (nSPS) is 10.4. The fraction of sp³-hybridized carbons (Fsp3) is 0.0526. The molecule has 0 fully saturated rings. The third-order valence-electron chi connectivity index (χ3n) is 3.53. The van der Waals surface area contributed by atoms with Crippen molar-refractivity contribution in [3.05, 3.63) is 87.1 Å². The van der Waals surface area contributed by atoms with Crippen molar-refractivity contribution in [1.82, 2.24) is 4.98 Å². The van der Waals surface area contributed by atoms with Gasteiger partial charge in [-0.05, 0) is 60.6 Å². The third kappa shape index (κ3) is 4.64. The van der Waals surface area contributed by atoms with Crippen LogP contribution in [0, 0.1) is 17.0 Å². The van der Waals surface area contributed by atoms with Crippen LogP contribution in [0.3, 0.4) is 0 Å². The Bertz CT molecular complexity index is 1010. The number of nitrogens with zero attached hydrogens (tertiary/aromatic N) is 2. The minimum absolute atomic E-state index is 0.00476. The van der Waals surface area contributed by atoms with E-state index in [1.165, 1.54) is 18.2 Å². The predicted molar refractivity (Wildman–Crippen MR) is 104 cm³/mol. The number of aryl methyl sites for hydroxylation is 1. The molecule has 0 aliphatic heterocycles. The van der Waals surface area contributed by atoms with Gasteiger partial charge in [0.1, 0.15) is 10.8 Å². The second-order valence-electron chi connectivity index (χ2n) is 5.53. The number of pyridine rings is 1. The average molecular weight is 401 g/mol. The summed E-state index contributed by atoms with van der Waals surface area (Å²) >= 11 is 7.02. The van der Waals surface area contributed by atoms with Crippen LogP contribution in [0.25, 0.3) is 0 Å². The zero-order valence-electron chi connectivity index (χ0n) is 14.1. The van der Waals surface area contributed by atoms with Crippen molar-refractivity contribution < 1.29 is 14.5 Å². The molecule has 0 saturated heterocycles. The lowest BCUT2D eigenvalue weighted by Crippen LogP contribution is -1.99. The molecule has 0 saturated carbocycles. The summed E-state index contributed by atoms with van der Waals surface area (Å²) in [4.78, 5) is 27.3. The maximum Gasteiger partial charge on any atom is 0.312 e. The Morgan fingerprint density at radius 1 is 1.15 bits per heavy atom. The maximum atomic E-state index is 12.4. The number of rotatable bonds is 5. The number of hydrogen-bond acceptors (Lipinski definition) is 6. The second kappa shape index (κ2) is 8.20. The van der Waals surface area contributed by atoms with Crippen molar-refractivity contribution in [2.45, 2.75) is 11.9 Å². The Labute approximate surface area is 164 Å². The van der Waals surface area contributed by atoms with Gasteiger partial charge in [0, 0.05) is 17.8 Å². The first-order valence-electron chi connectivity index (χ1n) is 7.79. The Morgan fingerprint density at radius 2 is 1.93 bits per heavy atom. The first-order chi connectivity index (χ1) is 12.9. The van der Waals surface area contributed by atoms with Crippen LogP contribution in [-0.4, -0.2) is 15.0 Å². The van der Waals surface area contributed by atoms with Gasteiger partial charge < -0.3 is 4.74 Å². The standard InChI is InChI=1S/C19H13ClN2O4S/c1-12-5-7-16(14(20)10-12)26-17-8-6-13(11-15(17)22(24)25)19(23)27-18-4-2-3-9-21-18/h2-11H,1H3. The monoisotopic (exact) mass is 400 g/mol. The van der Waals surface area contributed by atoms with E-state index in [9.17, 15) is 14.9 Å². The summed E-state index contributed by atoms with van der Waals surface area (Å²) in [5.41, 5.74) is 0.799. The van der Waals surface area contributed by atoms with Crippen molar-refractivity contribution in [1.29, 1.82) is 0 Å². The minimum Gasteiger partial charge on any atom is -0.449 e. The number of hydrogen-bond donors (Lipinski definition) is 0. The zero-order valence-corrected chi connectivity index (χ0v) is 15.7. The molecule has 0 radical (unpaired) electrons. The fourth-order valence-corrected chi connectivity index (χ4v) is 3.21. The van der Waals surface area contributed by atoms with Gasteiger partial charge in [-0.2, -0.15) is 0 Å². The first-order valence-corrected chi connectivity index (χ1v) is 8.99. The van der Waals surface area contributed by atoms with Gasteiger partial charge in [-0.1, -0.05) is 23.7 Å². The smallest absolute Gasteiger partial charge is 0.312 e. The van der Waals surface area contributed by atoms with Gasteiger partial charge in [0.05, 0.1) is 9.95 Å². The Morgan fingerprint density at radius 3 is 2.59 bits per heavy atom. The summed E-state index contributed by atoms with van der Waals surface area (Å²) in [5.74, 6) is 0.303. The van der Waals surface area contributed by atoms with Crippen molar-refractivity contribution in [3.8, 4) is 11.5 Å². The molecular weight excluding hydrogens is 388 g/mol. The summed E-state index contributed by atoms with van der Waals surface area (Å²) in [6.07, 6.45) is 1.57. The third-order valence-corrected chi connectivity index (χ3v) is 4.70. The maximum absolute atomic E-state index is 12.4. The highest BCUT2D eigenvalue weighted by molar-refractivity contribution is 8.14. The van der Waals surface area contributed by atoms with Crippen LogP contribution in [0.2, 0.25) is 5.02 Å². The molecule has 0 spiro atoms. The molecule has 3 aromatic rings. The molecule has 27 heavy (non-hydrogen) atoms. The number of benzene rings is 2. The molecule has 0 atom stereocenters. The Balaban J connectivity index is 1.88. The zero-order chi connectivity index (χ0) is 19.4. The lowest BCUT2D eigenvalue weighted by molar-refractivity contribution is -0.385. The van der Waals surface area contributed by atoms with Crippen molar-refractivity contribution in [3.63, 3.8) is 0 Å². The van der Waals surface area contributed by atoms with Gasteiger partial charge >= 0.3 is 5.69 Å². The van der Waals surface area contributed by atoms with Gasteiger partial charge in [0.15, 0.2) is 0 Å². The largest absolute Gasteiger partial charge is 0.449 e. The fourth-order valence-electron chi connectivity index (χ4n) is 2.24. The molecular formula is C19H13ClN2O4S. The molecule has 0 aliphatic rings. The SMILES string of the molecule is Cc1ccc(Oc2ccc(C(=O)Sc3ccccn3)cc2[N+](=O)[O-])c(Cl)c1. The molecule has 136 valence electrons. The molecule has 0 N–H and O–H groups in total. The van der Waals surface area contributed by atoms with E-state index in [0.29, 0.717) is 15.8 Å². The van der Waals surface area contributed by atoms with E-state index < -0.39 is 4.92 Å². The molecule has 8 heteroatoms. The average Bonchev–Trinajstić information content (AvgIpc) is 2.65. The molecule has 6 nitrogen and oxygen atoms in total. The molecule has 0 amide bonds. The molecule has 0 aliphatic carbocycles. The van der Waals surface area contributed by atoms with Gasteiger partial charge in [0.25, 0.3) is 0 Å². The summed E-state index contributed by atoms with van der Waals surface area (Å²) in [7, 11) is 0. The number of ether oxygens (including phenoxy) is 1. The van der Waals surface area contributed by atoms with E-state index in [4.69, 9.17) is 16.3 Å². The number of thioether (sulfide) groups is 1. The first kappa shape index (κ1) is 18.9. The van der Waals surface area contributed by atoms with Crippen LogP contribution in [-0.2, 0) is 0 Å². The van der Waals surface area contributed by atoms with Crippen LogP contribution < -0.4 is 4.74 Å². The topological polar surface area (TPSA) is 82.3 Å². The Kier molecular flexibility index (Phi) is 5.73. The van der Waals surface area contributed by atoms with E-state index >= 15 is 0 Å². The van der Waals surface area contributed by atoms with E-state index in [1.807, 2.05) is 6.92 Å². The van der Waals surface area contributed by atoms with Crippen LogP contribution in [0.4, 0.5) is 5.69 Å². The quantitative estimate of drug-likeness (QED) is 0.311. The van der Waals surface area contributed by atoms with Crippen molar-refractivity contribution in [2.24, 2.45) is 0 Å². The molecule has 1 aromatic heterocycles. The molecule has 1 heterocycles. The van der Waals surface area contributed by atoms with Crippen molar-refractivity contribution in [2.75, 3.05) is 0 Å². The Hall–Kier alpha value is -2.90. The van der Waals surface area contributed by atoms with Crippen LogP contribution >= 0.6 is 23.4 Å². The highest BCUT2D eigenvalue weighted by Crippen LogP contribution is 2.36. The molecule has 2 aromatic carbocycles. The number of aromatic nitrogens is 1. The molecule has 0 unspecified atom stereocenters. The van der Waals surface area contributed by atoms with Crippen LogP contribution in [0.5, 0.6) is 11.5 Å². The van der Waals surface area contributed by atoms with Crippen LogP contribution in [0.15, 0.2) is 65.8 Å². The van der Waals surface area contributed by atoms with Gasteiger partial charge in [0.2, 0.25) is 10.9 Å². The predicted octanol–water partition coefficient (Wildman–Crippen LogP) is 5.68. The van der Waals surface area contributed by atoms with Gasteiger partial charge in [-0.25, -0.2) is 4.98 Å². The van der Waals surface area contributed by atoms with E-state index in [1.54, 1.807) is 42.6 Å². The number of halogens is 1. The summed E-state index contributed by atoms with van der Waals surface area (Å²) in [6, 6.07) is 14.4. The lowest BCUT2D eigenvalue weighted by Gasteiger charge is -2.09. The van der Waals surface area contributed by atoms with E-state index in [2.05, 4.69) is 4.98 Å². The van der Waals surface area contributed by atoms with Gasteiger partial charge in [-0.3, -0.25) is 14.9 Å².